The largest absolute Gasteiger partial charge is 0.462 e. The van der Waals surface area contributed by atoms with Gasteiger partial charge in [0.1, 0.15) is 18.1 Å². The normalized spacial score (nSPS) is 11.0. The molecule has 1 aromatic heterocycles. The molecule has 0 aliphatic rings. The first-order valence-corrected chi connectivity index (χ1v) is 13.6. The Labute approximate surface area is 230 Å². The number of hydrogen-bond acceptors (Lipinski definition) is 8. The van der Waals surface area contributed by atoms with E-state index in [4.69, 9.17) is 4.74 Å². The molecule has 3 rings (SSSR count). The summed E-state index contributed by atoms with van der Waals surface area (Å²) in [4.78, 5) is 51.9. The molecule has 0 radical (unpaired) electrons. The second-order valence-corrected chi connectivity index (χ2v) is 10.4. The first-order valence-electron chi connectivity index (χ1n) is 12.1. The lowest BCUT2D eigenvalue weighted by Gasteiger charge is -2.10. The highest BCUT2D eigenvalue weighted by Gasteiger charge is 2.20. The molecule has 3 N–H and O–H groups in total. The minimum absolute atomic E-state index is 0.0822. The summed E-state index contributed by atoms with van der Waals surface area (Å²) in [5.74, 6) is -3.05. The minimum atomic E-state index is -4.21. The van der Waals surface area contributed by atoms with E-state index in [-0.39, 0.29) is 41.3 Å². The van der Waals surface area contributed by atoms with Crippen molar-refractivity contribution in [3.63, 3.8) is 0 Å². The summed E-state index contributed by atoms with van der Waals surface area (Å²) in [6.45, 7) is 3.25. The van der Waals surface area contributed by atoms with Crippen LogP contribution in [-0.4, -0.2) is 56.3 Å². The Kier molecular flexibility index (Phi) is 10.0. The van der Waals surface area contributed by atoms with E-state index in [1.165, 1.54) is 48.5 Å². The molecule has 13 heteroatoms. The van der Waals surface area contributed by atoms with Crippen LogP contribution in [0.4, 0.5) is 4.39 Å². The van der Waals surface area contributed by atoms with Crippen molar-refractivity contribution in [1.82, 2.24) is 20.3 Å². The molecule has 210 valence electrons. The van der Waals surface area contributed by atoms with Gasteiger partial charge in [-0.25, -0.2) is 17.5 Å². The smallest absolute Gasteiger partial charge is 0.325 e. The van der Waals surface area contributed by atoms with Gasteiger partial charge in [-0.2, -0.15) is 0 Å². The van der Waals surface area contributed by atoms with Gasteiger partial charge in [0, 0.05) is 18.3 Å². The number of nitrogens with zero attached hydrogens (tertiary/aromatic N) is 1. The van der Waals surface area contributed by atoms with Crippen LogP contribution in [0.2, 0.25) is 0 Å². The number of carbonyl (C=O) groups excluding carboxylic acids is 4. The molecule has 0 saturated carbocycles. The van der Waals surface area contributed by atoms with Crippen molar-refractivity contribution in [2.24, 2.45) is 0 Å². The number of amides is 3. The Bertz CT molecular complexity index is 1470. The van der Waals surface area contributed by atoms with Crippen LogP contribution in [0, 0.1) is 5.82 Å². The molecule has 3 aromatic rings. The van der Waals surface area contributed by atoms with E-state index in [9.17, 15) is 32.0 Å². The summed E-state index contributed by atoms with van der Waals surface area (Å²) < 4.78 is 45.2. The summed E-state index contributed by atoms with van der Waals surface area (Å²) in [7, 11) is -4.21. The molecular formula is C27H27FN4O7S. The standard InChI is InChI=1S/C27H27FN4O7S/c1-17(2)39-24(33)16-31-27(36)23-12-7-20(15-30-23)26(35)32-40(37,38)22-10-3-18(4-11-22)13-14-29-25(34)19-5-8-21(28)9-6-19/h3-12,15,17H,13-14,16H2,1-2H3,(H,29,34)(H,31,36)(H,32,35). The molecule has 0 bridgehead atoms. The highest BCUT2D eigenvalue weighted by atomic mass is 32.2. The summed E-state index contributed by atoms with van der Waals surface area (Å²) >= 11 is 0. The molecule has 3 amide bonds. The van der Waals surface area contributed by atoms with E-state index in [1.807, 2.05) is 4.72 Å². The van der Waals surface area contributed by atoms with E-state index in [0.29, 0.717) is 12.0 Å². The average Bonchev–Trinajstić information content (AvgIpc) is 2.92. The third kappa shape index (κ3) is 8.70. The van der Waals surface area contributed by atoms with Crippen molar-refractivity contribution >= 4 is 33.7 Å². The van der Waals surface area contributed by atoms with Crippen LogP contribution in [0.1, 0.15) is 50.6 Å². The maximum absolute atomic E-state index is 13.0. The maximum Gasteiger partial charge on any atom is 0.325 e. The Morgan fingerprint density at radius 3 is 2.10 bits per heavy atom. The van der Waals surface area contributed by atoms with Gasteiger partial charge in [0.25, 0.3) is 27.7 Å². The van der Waals surface area contributed by atoms with Gasteiger partial charge in [0.15, 0.2) is 0 Å². The summed E-state index contributed by atoms with van der Waals surface area (Å²) in [5, 5.41) is 5.04. The molecular weight excluding hydrogens is 543 g/mol. The number of esters is 1. The van der Waals surface area contributed by atoms with Gasteiger partial charge >= 0.3 is 5.97 Å². The van der Waals surface area contributed by atoms with Crippen LogP contribution >= 0.6 is 0 Å². The van der Waals surface area contributed by atoms with Gasteiger partial charge in [-0.05, 0) is 74.4 Å². The van der Waals surface area contributed by atoms with Crippen molar-refractivity contribution in [2.45, 2.75) is 31.3 Å². The lowest BCUT2D eigenvalue weighted by molar-refractivity contribution is -0.146. The SMILES string of the molecule is CC(C)OC(=O)CNC(=O)c1ccc(C(=O)NS(=O)(=O)c2ccc(CCNC(=O)c3ccc(F)cc3)cc2)cn1. The molecule has 2 aromatic carbocycles. The quantitative estimate of drug-likeness (QED) is 0.295. The number of nitrogens with one attached hydrogen (secondary N) is 3. The molecule has 0 aliphatic carbocycles. The fraction of sp³-hybridized carbons (Fsp3) is 0.222. The number of halogens is 1. The van der Waals surface area contributed by atoms with Crippen LogP contribution in [0.5, 0.6) is 0 Å². The van der Waals surface area contributed by atoms with E-state index in [2.05, 4.69) is 15.6 Å². The first kappa shape index (κ1) is 29.9. The van der Waals surface area contributed by atoms with Crippen LogP contribution in [0.25, 0.3) is 0 Å². The minimum Gasteiger partial charge on any atom is -0.462 e. The summed E-state index contributed by atoms with van der Waals surface area (Å²) in [6.07, 6.45) is 1.11. The number of benzene rings is 2. The van der Waals surface area contributed by atoms with E-state index in [0.717, 1.165) is 11.8 Å². The average molecular weight is 571 g/mol. The number of hydrogen-bond donors (Lipinski definition) is 3. The highest BCUT2D eigenvalue weighted by molar-refractivity contribution is 7.90. The molecule has 0 aliphatic heterocycles. The molecule has 0 spiro atoms. The van der Waals surface area contributed by atoms with Gasteiger partial charge in [-0.3, -0.25) is 24.2 Å². The van der Waals surface area contributed by atoms with Crippen LogP contribution in [0.15, 0.2) is 71.8 Å². The molecule has 1 heterocycles. The second-order valence-electron chi connectivity index (χ2n) is 8.74. The van der Waals surface area contributed by atoms with Crippen molar-refractivity contribution in [1.29, 1.82) is 0 Å². The molecule has 11 nitrogen and oxygen atoms in total. The van der Waals surface area contributed by atoms with E-state index in [1.54, 1.807) is 26.0 Å². The number of aromatic nitrogens is 1. The molecule has 0 unspecified atom stereocenters. The Morgan fingerprint density at radius 2 is 1.50 bits per heavy atom. The number of sulfonamides is 1. The van der Waals surface area contributed by atoms with Crippen molar-refractivity contribution < 1.29 is 36.7 Å². The zero-order valence-electron chi connectivity index (χ0n) is 21.6. The number of rotatable bonds is 11. The van der Waals surface area contributed by atoms with Gasteiger partial charge in [0.05, 0.1) is 16.6 Å². The Morgan fingerprint density at radius 1 is 0.850 bits per heavy atom. The number of pyridine rings is 1. The molecule has 0 fully saturated rings. The summed E-state index contributed by atoms with van der Waals surface area (Å²) in [6, 6.07) is 13.3. The maximum atomic E-state index is 13.0. The Balaban J connectivity index is 1.51. The second kappa shape index (κ2) is 13.4. The molecule has 0 atom stereocenters. The predicted octanol–water partition coefficient (Wildman–Crippen LogP) is 1.99. The van der Waals surface area contributed by atoms with Gasteiger partial charge < -0.3 is 15.4 Å². The van der Waals surface area contributed by atoms with Crippen LogP contribution in [-0.2, 0) is 26.0 Å². The zero-order valence-corrected chi connectivity index (χ0v) is 22.5. The van der Waals surface area contributed by atoms with E-state index >= 15 is 0 Å². The molecule has 40 heavy (non-hydrogen) atoms. The highest BCUT2D eigenvalue weighted by Crippen LogP contribution is 2.12. The topological polar surface area (TPSA) is 161 Å². The lowest BCUT2D eigenvalue weighted by atomic mass is 10.1. The monoisotopic (exact) mass is 570 g/mol. The van der Waals surface area contributed by atoms with Crippen molar-refractivity contribution in [2.75, 3.05) is 13.1 Å². The zero-order chi connectivity index (χ0) is 29.3. The predicted molar refractivity (Wildman–Crippen MR) is 141 cm³/mol. The fourth-order valence-electron chi connectivity index (χ4n) is 3.31. The number of carbonyl (C=O) groups is 4. The molecule has 0 saturated heterocycles. The van der Waals surface area contributed by atoms with Crippen LogP contribution < -0.4 is 15.4 Å². The van der Waals surface area contributed by atoms with Crippen molar-refractivity contribution in [3.05, 3.63) is 95.1 Å². The lowest BCUT2D eigenvalue weighted by Crippen LogP contribution is -2.32. The third-order valence-corrected chi connectivity index (χ3v) is 6.63. The fourth-order valence-corrected chi connectivity index (χ4v) is 4.28. The third-order valence-electron chi connectivity index (χ3n) is 5.29. The first-order chi connectivity index (χ1) is 18.9. The number of ether oxygens (including phenoxy) is 1. The van der Waals surface area contributed by atoms with Crippen molar-refractivity contribution in [3.8, 4) is 0 Å². The van der Waals surface area contributed by atoms with Gasteiger partial charge in [0.2, 0.25) is 0 Å². The Hall–Kier alpha value is -4.65. The van der Waals surface area contributed by atoms with E-state index < -0.39 is 33.6 Å². The summed E-state index contributed by atoms with van der Waals surface area (Å²) in [5.41, 5.74) is 0.865. The van der Waals surface area contributed by atoms with Crippen LogP contribution in [0.3, 0.4) is 0 Å². The van der Waals surface area contributed by atoms with Gasteiger partial charge in [-0.15, -0.1) is 0 Å². The van der Waals surface area contributed by atoms with Gasteiger partial charge in [-0.1, -0.05) is 12.1 Å².